The van der Waals surface area contributed by atoms with Crippen LogP contribution in [-0.2, 0) is 14.3 Å². The number of hydrogen-bond acceptors (Lipinski definition) is 7. The molecule has 28 heavy (non-hydrogen) atoms. The number of benzene rings is 1. The molecule has 0 spiro atoms. The van der Waals surface area contributed by atoms with Crippen molar-refractivity contribution in [2.75, 3.05) is 14.2 Å². The summed E-state index contributed by atoms with van der Waals surface area (Å²) in [6.45, 7) is -3.08. The molecule has 1 atom stereocenters. The number of esters is 2. The Morgan fingerprint density at radius 2 is 1.93 bits per heavy atom. The number of hydrogen-bond donors (Lipinski definition) is 2. The molecule has 2 aromatic rings. The molecule has 0 saturated heterocycles. The third-order valence-corrected chi connectivity index (χ3v) is 3.94. The van der Waals surface area contributed by atoms with Crippen molar-refractivity contribution in [2.45, 2.75) is 19.0 Å². The van der Waals surface area contributed by atoms with Crippen molar-refractivity contribution in [3.63, 3.8) is 0 Å². The maximum atomic E-state index is 12.5. The van der Waals surface area contributed by atoms with Gasteiger partial charge in [0.15, 0.2) is 0 Å². The first-order valence-corrected chi connectivity index (χ1v) is 7.92. The van der Waals surface area contributed by atoms with Crippen LogP contribution in [0.3, 0.4) is 0 Å². The minimum atomic E-state index is -3.08. The van der Waals surface area contributed by atoms with Crippen LogP contribution in [-0.4, -0.2) is 42.9 Å². The minimum Gasteiger partial charge on any atom is -0.506 e. The lowest BCUT2D eigenvalue weighted by molar-refractivity contribution is -0.140. The molecule has 10 heteroatoms. The lowest BCUT2D eigenvalue weighted by Crippen LogP contribution is -2.22. The highest BCUT2D eigenvalue weighted by Crippen LogP contribution is 2.35. The number of aromatic amines is 1. The van der Waals surface area contributed by atoms with E-state index in [-0.39, 0.29) is 22.4 Å². The molecule has 2 rings (SSSR count). The third-order valence-electron chi connectivity index (χ3n) is 3.94. The molecule has 0 aliphatic rings. The van der Waals surface area contributed by atoms with E-state index in [1.807, 2.05) is 0 Å². The number of aromatic nitrogens is 1. The summed E-state index contributed by atoms with van der Waals surface area (Å²) in [4.78, 5) is 38.4. The standard InChI is InChI=1S/C18H17F2NO7/c1-26-13(22)7-11(9-4-3-5-10(6-9)28-18(19)20)14-15(23)12(17(25)27-2)8-21-16(14)24/h3-6,8,11,18H,7H2,1-2H3,(H2,21,23,24)/t11-/m1/s1. The molecule has 0 amide bonds. The molecule has 0 unspecified atom stereocenters. The first kappa shape index (κ1) is 20.9. The number of halogens is 2. The average molecular weight is 397 g/mol. The molecule has 0 aliphatic carbocycles. The number of alkyl halides is 2. The minimum absolute atomic E-state index is 0.206. The highest BCUT2D eigenvalue weighted by Gasteiger charge is 2.28. The van der Waals surface area contributed by atoms with Crippen LogP contribution in [0, 0.1) is 0 Å². The van der Waals surface area contributed by atoms with Crippen molar-refractivity contribution < 1.29 is 37.7 Å². The van der Waals surface area contributed by atoms with E-state index in [1.165, 1.54) is 24.3 Å². The number of carbonyl (C=O) groups is 2. The van der Waals surface area contributed by atoms with Gasteiger partial charge >= 0.3 is 18.6 Å². The largest absolute Gasteiger partial charge is 0.506 e. The summed E-state index contributed by atoms with van der Waals surface area (Å²) in [6, 6.07) is 5.30. The fraction of sp³-hybridized carbons (Fsp3) is 0.278. The Morgan fingerprint density at radius 3 is 2.54 bits per heavy atom. The quantitative estimate of drug-likeness (QED) is 0.688. The number of pyridine rings is 1. The highest BCUT2D eigenvalue weighted by atomic mass is 19.3. The maximum absolute atomic E-state index is 12.5. The van der Waals surface area contributed by atoms with E-state index < -0.39 is 42.2 Å². The number of rotatable bonds is 7. The van der Waals surface area contributed by atoms with Crippen molar-refractivity contribution >= 4 is 11.9 Å². The SMILES string of the molecule is COC(=O)C[C@H](c1cccc(OC(F)F)c1)c1c(O)c(C(=O)OC)c[nH]c1=O. The molecular weight excluding hydrogens is 380 g/mol. The molecule has 1 aromatic carbocycles. The maximum Gasteiger partial charge on any atom is 0.387 e. The Hall–Kier alpha value is -3.43. The summed E-state index contributed by atoms with van der Waals surface area (Å²) >= 11 is 0. The van der Waals surface area contributed by atoms with Crippen LogP contribution in [0.2, 0.25) is 0 Å². The molecule has 0 fully saturated rings. The Balaban J connectivity index is 2.64. The van der Waals surface area contributed by atoms with Crippen molar-refractivity contribution in [1.29, 1.82) is 0 Å². The van der Waals surface area contributed by atoms with Gasteiger partial charge in [0, 0.05) is 12.1 Å². The number of nitrogens with one attached hydrogen (secondary N) is 1. The summed E-state index contributed by atoms with van der Waals surface area (Å²) in [5.41, 5.74) is -1.21. The van der Waals surface area contributed by atoms with Crippen molar-refractivity contribution in [3.05, 3.63) is 57.5 Å². The van der Waals surface area contributed by atoms with E-state index >= 15 is 0 Å². The van der Waals surface area contributed by atoms with Gasteiger partial charge in [0.25, 0.3) is 5.56 Å². The summed E-state index contributed by atoms with van der Waals surface area (Å²) in [6.07, 6.45) is 0.564. The van der Waals surface area contributed by atoms with E-state index in [2.05, 4.69) is 19.2 Å². The van der Waals surface area contributed by atoms with Gasteiger partial charge in [-0.05, 0) is 17.7 Å². The monoisotopic (exact) mass is 397 g/mol. The average Bonchev–Trinajstić information content (AvgIpc) is 2.66. The molecule has 0 aliphatic heterocycles. The van der Waals surface area contributed by atoms with Gasteiger partial charge in [-0.1, -0.05) is 12.1 Å². The van der Waals surface area contributed by atoms with E-state index in [1.54, 1.807) is 0 Å². The zero-order chi connectivity index (χ0) is 20.8. The fourth-order valence-corrected chi connectivity index (χ4v) is 2.67. The second-order valence-electron chi connectivity index (χ2n) is 5.57. The smallest absolute Gasteiger partial charge is 0.387 e. The van der Waals surface area contributed by atoms with Crippen LogP contribution < -0.4 is 10.3 Å². The van der Waals surface area contributed by atoms with Crippen LogP contribution in [0.25, 0.3) is 0 Å². The number of H-pyrrole nitrogens is 1. The zero-order valence-electron chi connectivity index (χ0n) is 14.9. The van der Waals surface area contributed by atoms with Crippen LogP contribution in [0.15, 0.2) is 35.3 Å². The zero-order valence-corrected chi connectivity index (χ0v) is 14.9. The predicted octanol–water partition coefficient (Wildman–Crippen LogP) is 2.16. The van der Waals surface area contributed by atoms with Gasteiger partial charge in [-0.2, -0.15) is 8.78 Å². The third kappa shape index (κ3) is 4.64. The second-order valence-corrected chi connectivity index (χ2v) is 5.57. The van der Waals surface area contributed by atoms with Crippen LogP contribution >= 0.6 is 0 Å². The molecule has 1 heterocycles. The predicted molar refractivity (Wildman–Crippen MR) is 91.6 cm³/mol. The van der Waals surface area contributed by atoms with Gasteiger partial charge in [-0.15, -0.1) is 0 Å². The number of methoxy groups -OCH3 is 2. The van der Waals surface area contributed by atoms with E-state index in [0.717, 1.165) is 20.4 Å². The normalized spacial score (nSPS) is 11.8. The topological polar surface area (TPSA) is 115 Å². The number of ether oxygens (including phenoxy) is 3. The molecule has 150 valence electrons. The molecule has 8 nitrogen and oxygen atoms in total. The van der Waals surface area contributed by atoms with Crippen LogP contribution in [0.4, 0.5) is 8.78 Å². The van der Waals surface area contributed by atoms with E-state index in [9.17, 15) is 28.3 Å². The summed E-state index contributed by atoms with van der Waals surface area (Å²) in [7, 11) is 2.22. The van der Waals surface area contributed by atoms with Crippen LogP contribution in [0.1, 0.15) is 33.8 Å². The van der Waals surface area contributed by atoms with Gasteiger partial charge in [0.05, 0.1) is 26.2 Å². The first-order chi connectivity index (χ1) is 13.3. The number of aromatic hydroxyl groups is 1. The summed E-state index contributed by atoms with van der Waals surface area (Å²) in [5, 5.41) is 10.5. The lowest BCUT2D eigenvalue weighted by atomic mass is 9.87. The van der Waals surface area contributed by atoms with Crippen molar-refractivity contribution in [2.24, 2.45) is 0 Å². The Labute approximate surface area is 157 Å². The Bertz CT molecular complexity index is 926. The summed E-state index contributed by atoms with van der Waals surface area (Å²) < 4.78 is 38.5. The number of carbonyl (C=O) groups excluding carboxylic acids is 2. The van der Waals surface area contributed by atoms with E-state index in [0.29, 0.717) is 0 Å². The van der Waals surface area contributed by atoms with Crippen molar-refractivity contribution in [1.82, 2.24) is 4.98 Å². The highest BCUT2D eigenvalue weighted by molar-refractivity contribution is 5.92. The molecule has 0 saturated carbocycles. The van der Waals surface area contributed by atoms with Crippen molar-refractivity contribution in [3.8, 4) is 11.5 Å². The molecule has 0 radical (unpaired) electrons. The van der Waals surface area contributed by atoms with Gasteiger partial charge in [0.1, 0.15) is 17.1 Å². The lowest BCUT2D eigenvalue weighted by Gasteiger charge is -2.19. The first-order valence-electron chi connectivity index (χ1n) is 7.92. The van der Waals surface area contributed by atoms with Gasteiger partial charge < -0.3 is 24.3 Å². The van der Waals surface area contributed by atoms with Crippen LogP contribution in [0.5, 0.6) is 11.5 Å². The Kier molecular flexibility index (Phi) is 6.69. The summed E-state index contributed by atoms with van der Waals surface area (Å²) in [5.74, 6) is -3.65. The van der Waals surface area contributed by atoms with Gasteiger partial charge in [-0.25, -0.2) is 4.79 Å². The molecule has 0 bridgehead atoms. The van der Waals surface area contributed by atoms with E-state index in [4.69, 9.17) is 0 Å². The fourth-order valence-electron chi connectivity index (χ4n) is 2.67. The Morgan fingerprint density at radius 1 is 1.21 bits per heavy atom. The molecule has 2 N–H and O–H groups in total. The van der Waals surface area contributed by atoms with Gasteiger partial charge in [-0.3, -0.25) is 9.59 Å². The second kappa shape index (κ2) is 8.98. The van der Waals surface area contributed by atoms with Gasteiger partial charge in [0.2, 0.25) is 0 Å². The molecule has 1 aromatic heterocycles. The molecular formula is C18H17F2NO7.